The summed E-state index contributed by atoms with van der Waals surface area (Å²) >= 11 is 3.38. The molecule has 0 aliphatic heterocycles. The SMILES string of the molecule is Cl.Nc1cc(Br)ccc1-c1nc(C2CCCC2)no1. The van der Waals surface area contributed by atoms with E-state index in [1.165, 1.54) is 12.8 Å². The van der Waals surface area contributed by atoms with Crippen molar-refractivity contribution in [3.05, 3.63) is 28.5 Å². The Morgan fingerprint density at radius 1 is 1.26 bits per heavy atom. The second kappa shape index (κ2) is 5.92. The first kappa shape index (κ1) is 14.3. The maximum atomic E-state index is 5.96. The Morgan fingerprint density at radius 3 is 2.68 bits per heavy atom. The van der Waals surface area contributed by atoms with Gasteiger partial charge in [0, 0.05) is 16.1 Å². The molecule has 1 heterocycles. The van der Waals surface area contributed by atoms with Crippen LogP contribution in [0.5, 0.6) is 0 Å². The van der Waals surface area contributed by atoms with Crippen LogP contribution in [0.25, 0.3) is 11.5 Å². The minimum absolute atomic E-state index is 0. The van der Waals surface area contributed by atoms with Crippen LogP contribution in [-0.4, -0.2) is 10.1 Å². The molecular formula is C13H15BrClN3O. The molecule has 19 heavy (non-hydrogen) atoms. The lowest BCUT2D eigenvalue weighted by atomic mass is 10.1. The van der Waals surface area contributed by atoms with E-state index in [1.807, 2.05) is 18.2 Å². The summed E-state index contributed by atoms with van der Waals surface area (Å²) in [5.74, 6) is 1.80. The van der Waals surface area contributed by atoms with Gasteiger partial charge in [-0.15, -0.1) is 12.4 Å². The van der Waals surface area contributed by atoms with Crippen molar-refractivity contribution in [3.63, 3.8) is 0 Å². The average Bonchev–Trinajstić information content (AvgIpc) is 2.99. The molecule has 1 fully saturated rings. The second-order valence-corrected chi connectivity index (χ2v) is 5.59. The highest BCUT2D eigenvalue weighted by atomic mass is 79.9. The predicted octanol–water partition coefficient (Wildman–Crippen LogP) is 4.16. The molecular weight excluding hydrogens is 330 g/mol. The number of nitrogen functional groups attached to an aromatic ring is 1. The summed E-state index contributed by atoms with van der Waals surface area (Å²) in [5, 5.41) is 4.08. The van der Waals surface area contributed by atoms with Gasteiger partial charge < -0.3 is 10.3 Å². The second-order valence-electron chi connectivity index (χ2n) is 4.67. The number of nitrogens with two attached hydrogens (primary N) is 1. The molecule has 0 unspecified atom stereocenters. The fraction of sp³-hybridized carbons (Fsp3) is 0.385. The van der Waals surface area contributed by atoms with E-state index in [0.29, 0.717) is 17.5 Å². The largest absolute Gasteiger partial charge is 0.398 e. The summed E-state index contributed by atoms with van der Waals surface area (Å²) in [7, 11) is 0. The molecule has 0 atom stereocenters. The standard InChI is InChI=1S/C13H14BrN3O.ClH/c14-9-5-6-10(11(15)7-9)13-16-12(17-18-13)8-3-1-2-4-8;/h5-8H,1-4,15H2;1H. The molecule has 1 aliphatic carbocycles. The summed E-state index contributed by atoms with van der Waals surface area (Å²) in [4.78, 5) is 4.48. The third-order valence-electron chi connectivity index (χ3n) is 3.41. The van der Waals surface area contributed by atoms with E-state index in [1.54, 1.807) is 0 Å². The summed E-state index contributed by atoms with van der Waals surface area (Å²) in [6.07, 6.45) is 4.84. The number of rotatable bonds is 2. The number of aromatic nitrogens is 2. The minimum Gasteiger partial charge on any atom is -0.398 e. The van der Waals surface area contributed by atoms with Gasteiger partial charge in [0.25, 0.3) is 5.89 Å². The van der Waals surface area contributed by atoms with Crippen molar-refractivity contribution in [3.8, 4) is 11.5 Å². The molecule has 1 aromatic heterocycles. The normalized spacial score (nSPS) is 15.4. The van der Waals surface area contributed by atoms with Gasteiger partial charge in [-0.25, -0.2) is 0 Å². The molecule has 0 saturated heterocycles. The van der Waals surface area contributed by atoms with Crippen LogP contribution in [-0.2, 0) is 0 Å². The first-order valence-electron chi connectivity index (χ1n) is 6.13. The fourth-order valence-electron chi connectivity index (χ4n) is 2.42. The van der Waals surface area contributed by atoms with E-state index >= 15 is 0 Å². The van der Waals surface area contributed by atoms with Crippen LogP contribution in [0.4, 0.5) is 5.69 Å². The Labute approximate surface area is 126 Å². The van der Waals surface area contributed by atoms with E-state index < -0.39 is 0 Å². The summed E-state index contributed by atoms with van der Waals surface area (Å²) in [6.45, 7) is 0. The van der Waals surface area contributed by atoms with Crippen LogP contribution in [0.15, 0.2) is 27.2 Å². The van der Waals surface area contributed by atoms with E-state index in [4.69, 9.17) is 10.3 Å². The third kappa shape index (κ3) is 2.92. The molecule has 0 spiro atoms. The van der Waals surface area contributed by atoms with E-state index in [9.17, 15) is 0 Å². The summed E-state index contributed by atoms with van der Waals surface area (Å²) in [5.41, 5.74) is 7.40. The maximum absolute atomic E-state index is 5.96. The third-order valence-corrected chi connectivity index (χ3v) is 3.90. The molecule has 2 aromatic rings. The number of anilines is 1. The van der Waals surface area contributed by atoms with Crippen LogP contribution in [0.3, 0.4) is 0 Å². The van der Waals surface area contributed by atoms with Gasteiger partial charge in [0.1, 0.15) is 0 Å². The summed E-state index contributed by atoms with van der Waals surface area (Å²) in [6, 6.07) is 5.66. The molecule has 6 heteroatoms. The van der Waals surface area contributed by atoms with Gasteiger partial charge in [0.05, 0.1) is 5.56 Å². The number of nitrogens with zero attached hydrogens (tertiary/aromatic N) is 2. The predicted molar refractivity (Wildman–Crippen MR) is 80.3 cm³/mol. The first-order valence-corrected chi connectivity index (χ1v) is 6.92. The molecule has 4 nitrogen and oxygen atoms in total. The Hall–Kier alpha value is -1.07. The Morgan fingerprint density at radius 2 is 2.00 bits per heavy atom. The molecule has 0 amide bonds. The van der Waals surface area contributed by atoms with Gasteiger partial charge in [-0.3, -0.25) is 0 Å². The molecule has 0 radical (unpaired) electrons. The molecule has 1 aromatic carbocycles. The molecule has 2 N–H and O–H groups in total. The number of benzene rings is 1. The molecule has 1 saturated carbocycles. The monoisotopic (exact) mass is 343 g/mol. The molecule has 102 valence electrons. The zero-order valence-corrected chi connectivity index (χ0v) is 12.7. The van der Waals surface area contributed by atoms with E-state index in [0.717, 1.165) is 28.7 Å². The maximum Gasteiger partial charge on any atom is 0.260 e. The number of halogens is 2. The average molecular weight is 345 g/mol. The quantitative estimate of drug-likeness (QED) is 0.831. The van der Waals surface area contributed by atoms with Gasteiger partial charge in [-0.1, -0.05) is 33.9 Å². The van der Waals surface area contributed by atoms with Gasteiger partial charge in [-0.05, 0) is 31.0 Å². The van der Waals surface area contributed by atoms with Crippen molar-refractivity contribution in [2.45, 2.75) is 31.6 Å². The molecule has 1 aliphatic rings. The Bertz CT molecular complexity index is 567. The van der Waals surface area contributed by atoms with E-state index in [2.05, 4.69) is 26.1 Å². The van der Waals surface area contributed by atoms with Gasteiger partial charge in [0.15, 0.2) is 5.82 Å². The van der Waals surface area contributed by atoms with Crippen LogP contribution >= 0.6 is 28.3 Å². The van der Waals surface area contributed by atoms with Crippen LogP contribution < -0.4 is 5.73 Å². The van der Waals surface area contributed by atoms with Crippen molar-refractivity contribution < 1.29 is 4.52 Å². The lowest BCUT2D eigenvalue weighted by Gasteiger charge is -2.01. The van der Waals surface area contributed by atoms with Crippen LogP contribution in [0.2, 0.25) is 0 Å². The van der Waals surface area contributed by atoms with Crippen molar-refractivity contribution in [1.29, 1.82) is 0 Å². The lowest BCUT2D eigenvalue weighted by molar-refractivity contribution is 0.416. The fourth-order valence-corrected chi connectivity index (χ4v) is 2.80. The van der Waals surface area contributed by atoms with Crippen molar-refractivity contribution in [2.24, 2.45) is 0 Å². The van der Waals surface area contributed by atoms with Crippen molar-refractivity contribution >= 4 is 34.0 Å². The Balaban J connectivity index is 0.00000133. The summed E-state index contributed by atoms with van der Waals surface area (Å²) < 4.78 is 6.27. The van der Waals surface area contributed by atoms with Crippen LogP contribution in [0, 0.1) is 0 Å². The molecule has 0 bridgehead atoms. The zero-order valence-electron chi connectivity index (χ0n) is 10.3. The van der Waals surface area contributed by atoms with Crippen molar-refractivity contribution in [2.75, 3.05) is 5.73 Å². The highest BCUT2D eigenvalue weighted by Crippen LogP contribution is 2.34. The number of hydrogen-bond donors (Lipinski definition) is 1. The van der Waals surface area contributed by atoms with E-state index in [-0.39, 0.29) is 12.4 Å². The smallest absolute Gasteiger partial charge is 0.260 e. The van der Waals surface area contributed by atoms with Crippen molar-refractivity contribution in [1.82, 2.24) is 10.1 Å². The first-order chi connectivity index (χ1) is 8.74. The highest BCUT2D eigenvalue weighted by Gasteiger charge is 2.23. The highest BCUT2D eigenvalue weighted by molar-refractivity contribution is 9.10. The number of hydrogen-bond acceptors (Lipinski definition) is 4. The Kier molecular flexibility index (Phi) is 4.47. The topological polar surface area (TPSA) is 64.9 Å². The molecule has 3 rings (SSSR count). The zero-order chi connectivity index (χ0) is 12.5. The lowest BCUT2D eigenvalue weighted by Crippen LogP contribution is -1.95. The van der Waals surface area contributed by atoms with Gasteiger partial charge in [-0.2, -0.15) is 4.98 Å². The van der Waals surface area contributed by atoms with Gasteiger partial charge in [0.2, 0.25) is 0 Å². The minimum atomic E-state index is 0. The van der Waals surface area contributed by atoms with Gasteiger partial charge >= 0.3 is 0 Å². The van der Waals surface area contributed by atoms with Crippen LogP contribution in [0.1, 0.15) is 37.4 Å².